The van der Waals surface area contributed by atoms with Crippen molar-refractivity contribution in [1.82, 2.24) is 0 Å². The molecule has 1 N–H and O–H groups in total. The van der Waals surface area contributed by atoms with Gasteiger partial charge in [0.25, 0.3) is 10.1 Å². The van der Waals surface area contributed by atoms with E-state index in [4.69, 9.17) is 18.8 Å². The summed E-state index contributed by atoms with van der Waals surface area (Å²) >= 11 is 0. The second kappa shape index (κ2) is 16.1. The molecule has 0 radical (unpaired) electrons. The van der Waals surface area contributed by atoms with Crippen molar-refractivity contribution in [3.8, 4) is 11.5 Å². The summed E-state index contributed by atoms with van der Waals surface area (Å²) in [4.78, 5) is 40.1. The molecule has 0 fully saturated rings. The number of ether oxygens (including phenoxy) is 3. The van der Waals surface area contributed by atoms with E-state index in [9.17, 15) is 22.8 Å². The van der Waals surface area contributed by atoms with Gasteiger partial charge in [-0.1, -0.05) is 72.3 Å². The lowest BCUT2D eigenvalue weighted by Crippen LogP contribution is -2.19. The third-order valence-corrected chi connectivity index (χ3v) is 8.37. The van der Waals surface area contributed by atoms with Crippen LogP contribution in [0.25, 0.3) is 0 Å². The SMILES string of the molecule is BCc1cc(CB)c(CB)c(C(=O)Oc2ccc(C(=O)OCCS(=O)(=O)O)c(OC(=O)c3cc(CB)cc(CB)c3CB)c2)c1. The minimum Gasteiger partial charge on any atom is -0.461 e. The standard InChI is InChI=1S/C29H36B6O9S/c30-10-16-5-18(12-32)24(14-34)22(7-16)28(37)43-20-1-2-21(27(36)42-3-4-45(39,40)41)26(9-20)44-29(38)23-8-17(11-31)6-19(13-33)25(23)15-35/h1-2,5-9H,3-4,10-15,30-35H2,(H,39,40,41). The van der Waals surface area contributed by atoms with Gasteiger partial charge in [-0.15, -0.1) is 0 Å². The van der Waals surface area contributed by atoms with Crippen LogP contribution in [0.5, 0.6) is 11.5 Å². The van der Waals surface area contributed by atoms with E-state index in [-0.39, 0.29) is 17.1 Å². The molecule has 0 heterocycles. The third-order valence-electron chi connectivity index (χ3n) is 7.69. The van der Waals surface area contributed by atoms with Gasteiger partial charge < -0.3 is 14.2 Å². The molecule has 0 unspecified atom stereocenters. The fourth-order valence-corrected chi connectivity index (χ4v) is 5.58. The number of benzene rings is 3. The Kier molecular flexibility index (Phi) is 12.8. The van der Waals surface area contributed by atoms with Gasteiger partial charge in [-0.05, 0) is 35.4 Å². The fourth-order valence-electron chi connectivity index (χ4n) is 5.29. The van der Waals surface area contributed by atoms with E-state index in [0.717, 1.165) is 46.0 Å². The molecule has 0 bridgehead atoms. The Morgan fingerprint density at radius 2 is 1.13 bits per heavy atom. The zero-order valence-electron chi connectivity index (χ0n) is 26.8. The van der Waals surface area contributed by atoms with Crippen LogP contribution in [-0.2, 0) is 52.8 Å². The molecule has 0 aliphatic heterocycles. The first kappa shape index (κ1) is 35.8. The van der Waals surface area contributed by atoms with E-state index in [1.807, 2.05) is 53.1 Å². The molecule has 0 atom stereocenters. The summed E-state index contributed by atoms with van der Waals surface area (Å²) in [6, 6.07) is 11.7. The lowest BCUT2D eigenvalue weighted by atomic mass is 9.81. The van der Waals surface area contributed by atoms with Gasteiger partial charge in [0.1, 0.15) is 76.5 Å². The first-order chi connectivity index (χ1) is 21.4. The predicted molar refractivity (Wildman–Crippen MR) is 189 cm³/mol. The Morgan fingerprint density at radius 3 is 1.58 bits per heavy atom. The molecule has 0 saturated carbocycles. The highest BCUT2D eigenvalue weighted by atomic mass is 32.2. The molecule has 0 aromatic heterocycles. The van der Waals surface area contributed by atoms with Crippen LogP contribution in [0.2, 0.25) is 0 Å². The van der Waals surface area contributed by atoms with E-state index in [2.05, 4.69) is 12.1 Å². The molecule has 0 aliphatic carbocycles. The molecule has 0 spiro atoms. The smallest absolute Gasteiger partial charge is 0.343 e. The van der Waals surface area contributed by atoms with Crippen molar-refractivity contribution in [3.63, 3.8) is 0 Å². The van der Waals surface area contributed by atoms with Gasteiger partial charge >= 0.3 is 17.9 Å². The minimum absolute atomic E-state index is 0.0339. The van der Waals surface area contributed by atoms with Crippen LogP contribution in [0.4, 0.5) is 0 Å². The third kappa shape index (κ3) is 9.20. The maximum atomic E-state index is 13.6. The van der Waals surface area contributed by atoms with Crippen molar-refractivity contribution in [2.45, 2.75) is 37.9 Å². The molecular weight excluding hydrogens is 589 g/mol. The molecule has 45 heavy (non-hydrogen) atoms. The molecule has 3 rings (SSSR count). The molecule has 16 heteroatoms. The average molecular weight is 626 g/mol. The molecule has 3 aromatic carbocycles. The van der Waals surface area contributed by atoms with Crippen LogP contribution in [0.1, 0.15) is 64.5 Å². The van der Waals surface area contributed by atoms with E-state index >= 15 is 0 Å². The first-order valence-electron chi connectivity index (χ1n) is 15.4. The quantitative estimate of drug-likeness (QED) is 0.0933. The number of hydrogen-bond acceptors (Lipinski definition) is 8. The van der Waals surface area contributed by atoms with Crippen molar-refractivity contribution in [2.24, 2.45) is 0 Å². The zero-order valence-corrected chi connectivity index (χ0v) is 27.6. The lowest BCUT2D eigenvalue weighted by Gasteiger charge is -2.17. The van der Waals surface area contributed by atoms with Crippen molar-refractivity contribution in [2.75, 3.05) is 12.4 Å². The van der Waals surface area contributed by atoms with Gasteiger partial charge in [0.2, 0.25) is 0 Å². The lowest BCUT2D eigenvalue weighted by molar-refractivity contribution is 0.0522. The molecule has 0 aliphatic rings. The first-order valence-corrected chi connectivity index (χ1v) is 17.0. The van der Waals surface area contributed by atoms with Crippen molar-refractivity contribution < 1.29 is 41.6 Å². The summed E-state index contributed by atoms with van der Waals surface area (Å²) < 4.78 is 47.8. The van der Waals surface area contributed by atoms with Gasteiger partial charge in [0.15, 0.2) is 0 Å². The Hall–Kier alpha value is -3.63. The monoisotopic (exact) mass is 626 g/mol. The van der Waals surface area contributed by atoms with Crippen molar-refractivity contribution >= 4 is 75.1 Å². The van der Waals surface area contributed by atoms with E-state index in [1.165, 1.54) is 18.2 Å². The Morgan fingerprint density at radius 1 is 0.622 bits per heavy atom. The molecule has 9 nitrogen and oxygen atoms in total. The van der Waals surface area contributed by atoms with E-state index < -0.39 is 40.4 Å². The van der Waals surface area contributed by atoms with Gasteiger partial charge in [-0.25, -0.2) is 14.4 Å². The topological polar surface area (TPSA) is 133 Å². The summed E-state index contributed by atoms with van der Waals surface area (Å²) in [7, 11) is 7.57. The van der Waals surface area contributed by atoms with Crippen LogP contribution >= 0.6 is 0 Å². The highest BCUT2D eigenvalue weighted by molar-refractivity contribution is 7.85. The summed E-state index contributed by atoms with van der Waals surface area (Å²) in [6.07, 6.45) is 4.12. The normalized spacial score (nSPS) is 11.1. The number of hydrogen-bond donors (Lipinski definition) is 1. The van der Waals surface area contributed by atoms with Crippen LogP contribution in [0.15, 0.2) is 42.5 Å². The van der Waals surface area contributed by atoms with Gasteiger partial charge in [0.05, 0.1) is 11.1 Å². The molecular formula is C29H36B6O9S. The fraction of sp³-hybridized carbons (Fsp3) is 0.276. The van der Waals surface area contributed by atoms with Gasteiger partial charge in [0, 0.05) is 6.07 Å². The highest BCUT2D eigenvalue weighted by Crippen LogP contribution is 2.29. The number of rotatable bonds is 14. The number of carbonyl (C=O) groups excluding carboxylic acids is 3. The van der Waals surface area contributed by atoms with Crippen LogP contribution < -0.4 is 9.47 Å². The Balaban J connectivity index is 2.05. The second-order valence-corrected chi connectivity index (χ2v) is 12.1. The van der Waals surface area contributed by atoms with Crippen LogP contribution in [0, 0.1) is 0 Å². The Labute approximate surface area is 270 Å². The zero-order chi connectivity index (χ0) is 33.3. The maximum Gasteiger partial charge on any atom is 0.343 e. The molecule has 0 amide bonds. The second-order valence-electron chi connectivity index (χ2n) is 10.5. The van der Waals surface area contributed by atoms with Gasteiger partial charge in [-0.3, -0.25) is 4.55 Å². The van der Waals surface area contributed by atoms with Gasteiger partial charge in [-0.2, -0.15) is 8.42 Å². The minimum atomic E-state index is -4.37. The van der Waals surface area contributed by atoms with Crippen LogP contribution in [0.3, 0.4) is 0 Å². The molecule has 0 saturated heterocycles. The summed E-state index contributed by atoms with van der Waals surface area (Å²) in [6.45, 7) is -0.618. The largest absolute Gasteiger partial charge is 0.461 e. The average Bonchev–Trinajstić information content (AvgIpc) is 3.02. The highest BCUT2D eigenvalue weighted by Gasteiger charge is 2.24. The van der Waals surface area contributed by atoms with Crippen LogP contribution in [-0.4, -0.2) is 90.3 Å². The number of carbonyl (C=O) groups is 3. The van der Waals surface area contributed by atoms with E-state index in [0.29, 0.717) is 36.4 Å². The summed E-state index contributed by atoms with van der Waals surface area (Å²) in [5, 5.41) is 0. The molecule has 3 aromatic rings. The molecule has 230 valence electrons. The predicted octanol–water partition coefficient (Wildman–Crippen LogP) is -2.03. The van der Waals surface area contributed by atoms with Crippen molar-refractivity contribution in [1.29, 1.82) is 0 Å². The summed E-state index contributed by atoms with van der Waals surface area (Å²) in [5.74, 6) is -3.27. The maximum absolute atomic E-state index is 13.6. The number of esters is 3. The summed E-state index contributed by atoms with van der Waals surface area (Å²) in [5.41, 5.74) is 6.37. The Bertz CT molecular complexity index is 1700. The van der Waals surface area contributed by atoms with Crippen molar-refractivity contribution in [3.05, 3.63) is 92.5 Å². The van der Waals surface area contributed by atoms with E-state index in [1.54, 1.807) is 6.07 Å².